The molecule has 0 unspecified atom stereocenters. The Kier molecular flexibility index (Phi) is 5.14. The van der Waals surface area contributed by atoms with Gasteiger partial charge < -0.3 is 10.2 Å². The van der Waals surface area contributed by atoms with Gasteiger partial charge in [-0.3, -0.25) is 4.79 Å². The van der Waals surface area contributed by atoms with Crippen LogP contribution in [0.2, 0.25) is 0 Å². The number of carbonyl (C=O) groups is 1. The maximum absolute atomic E-state index is 12.9. The average molecular weight is 326 g/mol. The van der Waals surface area contributed by atoms with Crippen LogP contribution in [0.25, 0.3) is 0 Å². The molecule has 0 bridgehead atoms. The van der Waals surface area contributed by atoms with Crippen molar-refractivity contribution in [3.63, 3.8) is 0 Å². The fourth-order valence-electron chi connectivity index (χ4n) is 3.19. The summed E-state index contributed by atoms with van der Waals surface area (Å²) in [7, 11) is 0. The molecule has 1 aliphatic heterocycles. The highest BCUT2D eigenvalue weighted by Crippen LogP contribution is 2.27. The first-order valence-corrected chi connectivity index (χ1v) is 8.47. The molecule has 4 heteroatoms. The van der Waals surface area contributed by atoms with Gasteiger partial charge in [0.1, 0.15) is 5.82 Å². The van der Waals surface area contributed by atoms with Crippen LogP contribution >= 0.6 is 0 Å². The van der Waals surface area contributed by atoms with E-state index in [9.17, 15) is 9.18 Å². The van der Waals surface area contributed by atoms with Gasteiger partial charge >= 0.3 is 0 Å². The van der Waals surface area contributed by atoms with Crippen molar-refractivity contribution in [2.45, 2.75) is 26.2 Å². The Morgan fingerprint density at radius 2 is 2.00 bits per heavy atom. The van der Waals surface area contributed by atoms with Crippen molar-refractivity contribution in [1.82, 2.24) is 5.32 Å². The number of fused-ring (bicyclic) bond motifs is 1. The van der Waals surface area contributed by atoms with Crippen LogP contribution in [0.4, 0.5) is 10.1 Å². The minimum atomic E-state index is -0.234. The molecule has 3 rings (SSSR count). The standard InChI is InChI=1S/C20H23FN2O/c1-15-4-9-19-17(13-15)3-2-12-23(19)14-20(24)22-11-10-16-5-7-18(21)8-6-16/h4-9,13H,2-3,10-12,14H2,1H3,(H,22,24). The van der Waals surface area contributed by atoms with Crippen LogP contribution in [0, 0.1) is 12.7 Å². The molecule has 0 spiro atoms. The van der Waals surface area contributed by atoms with E-state index in [1.54, 1.807) is 12.1 Å². The summed E-state index contributed by atoms with van der Waals surface area (Å²) in [4.78, 5) is 14.4. The minimum Gasteiger partial charge on any atom is -0.362 e. The number of carbonyl (C=O) groups excluding carboxylic acids is 1. The van der Waals surface area contributed by atoms with Gasteiger partial charge in [-0.05, 0) is 55.5 Å². The van der Waals surface area contributed by atoms with E-state index >= 15 is 0 Å². The summed E-state index contributed by atoms with van der Waals surface area (Å²) in [5.74, 6) is -0.202. The van der Waals surface area contributed by atoms with E-state index in [0.29, 0.717) is 19.5 Å². The summed E-state index contributed by atoms with van der Waals surface area (Å²) < 4.78 is 12.9. The van der Waals surface area contributed by atoms with Crippen molar-refractivity contribution in [3.05, 3.63) is 65.0 Å². The largest absolute Gasteiger partial charge is 0.362 e. The van der Waals surface area contributed by atoms with E-state index in [-0.39, 0.29) is 11.7 Å². The first-order chi connectivity index (χ1) is 11.6. The monoisotopic (exact) mass is 326 g/mol. The molecule has 24 heavy (non-hydrogen) atoms. The van der Waals surface area contributed by atoms with Crippen molar-refractivity contribution < 1.29 is 9.18 Å². The van der Waals surface area contributed by atoms with Gasteiger partial charge in [0, 0.05) is 18.8 Å². The van der Waals surface area contributed by atoms with Crippen LogP contribution in [0.5, 0.6) is 0 Å². The van der Waals surface area contributed by atoms with Gasteiger partial charge in [0.05, 0.1) is 6.54 Å². The fraction of sp³-hybridized carbons (Fsp3) is 0.350. The molecule has 2 aromatic rings. The predicted molar refractivity (Wildman–Crippen MR) is 94.8 cm³/mol. The van der Waals surface area contributed by atoms with E-state index in [2.05, 4.69) is 35.3 Å². The molecular weight excluding hydrogens is 303 g/mol. The molecule has 0 fully saturated rings. The lowest BCUT2D eigenvalue weighted by Gasteiger charge is -2.31. The molecular formula is C20H23FN2O. The zero-order chi connectivity index (χ0) is 16.9. The molecule has 1 N–H and O–H groups in total. The molecule has 0 atom stereocenters. The number of halogens is 1. The second-order valence-electron chi connectivity index (χ2n) is 6.38. The zero-order valence-electron chi connectivity index (χ0n) is 14.0. The van der Waals surface area contributed by atoms with Gasteiger partial charge in [0.15, 0.2) is 0 Å². The molecule has 0 saturated heterocycles. The van der Waals surface area contributed by atoms with Crippen LogP contribution in [0.15, 0.2) is 42.5 Å². The van der Waals surface area contributed by atoms with Crippen LogP contribution < -0.4 is 10.2 Å². The first kappa shape index (κ1) is 16.5. The maximum Gasteiger partial charge on any atom is 0.239 e. The smallest absolute Gasteiger partial charge is 0.239 e. The summed E-state index contributed by atoms with van der Waals surface area (Å²) >= 11 is 0. The van der Waals surface area contributed by atoms with E-state index in [1.807, 2.05) is 0 Å². The quantitative estimate of drug-likeness (QED) is 0.915. The normalized spacial score (nSPS) is 13.5. The topological polar surface area (TPSA) is 32.3 Å². The molecule has 1 amide bonds. The summed E-state index contributed by atoms with van der Waals surface area (Å²) in [6.07, 6.45) is 2.88. The third-order valence-corrected chi connectivity index (χ3v) is 4.43. The highest BCUT2D eigenvalue weighted by Gasteiger charge is 2.18. The summed E-state index contributed by atoms with van der Waals surface area (Å²) in [5, 5.41) is 2.96. The molecule has 0 radical (unpaired) electrons. The van der Waals surface area contributed by atoms with Crippen LogP contribution in [0.3, 0.4) is 0 Å². The van der Waals surface area contributed by atoms with E-state index < -0.39 is 0 Å². The van der Waals surface area contributed by atoms with Crippen molar-refractivity contribution in [3.8, 4) is 0 Å². The average Bonchev–Trinajstić information content (AvgIpc) is 2.56. The molecule has 0 aromatic heterocycles. The zero-order valence-corrected chi connectivity index (χ0v) is 14.0. The summed E-state index contributed by atoms with van der Waals surface area (Å²) in [5.41, 5.74) is 4.80. The van der Waals surface area contributed by atoms with Crippen LogP contribution in [-0.2, 0) is 17.6 Å². The van der Waals surface area contributed by atoms with Gasteiger partial charge in [-0.15, -0.1) is 0 Å². The lowest BCUT2D eigenvalue weighted by atomic mass is 9.99. The van der Waals surface area contributed by atoms with Gasteiger partial charge in [-0.2, -0.15) is 0 Å². The Hall–Kier alpha value is -2.36. The van der Waals surface area contributed by atoms with Crippen molar-refractivity contribution >= 4 is 11.6 Å². The van der Waals surface area contributed by atoms with E-state index in [0.717, 1.165) is 24.9 Å². The van der Waals surface area contributed by atoms with Crippen molar-refractivity contribution in [2.24, 2.45) is 0 Å². The highest BCUT2D eigenvalue weighted by atomic mass is 19.1. The second kappa shape index (κ2) is 7.47. The second-order valence-corrected chi connectivity index (χ2v) is 6.38. The lowest BCUT2D eigenvalue weighted by molar-refractivity contribution is -0.119. The summed E-state index contributed by atoms with van der Waals surface area (Å²) in [6.45, 7) is 3.97. The number of amides is 1. The SMILES string of the molecule is Cc1ccc2c(c1)CCCN2CC(=O)NCCc1ccc(F)cc1. The number of benzene rings is 2. The number of hydrogen-bond donors (Lipinski definition) is 1. The van der Waals surface area contributed by atoms with Gasteiger partial charge in [-0.1, -0.05) is 29.8 Å². The molecule has 3 nitrogen and oxygen atoms in total. The number of aryl methyl sites for hydroxylation is 2. The first-order valence-electron chi connectivity index (χ1n) is 8.47. The Balaban J connectivity index is 1.51. The fourth-order valence-corrected chi connectivity index (χ4v) is 3.19. The van der Waals surface area contributed by atoms with Gasteiger partial charge in [0.25, 0.3) is 0 Å². The number of hydrogen-bond acceptors (Lipinski definition) is 2. The molecule has 0 saturated carbocycles. The highest BCUT2D eigenvalue weighted by molar-refractivity contribution is 5.82. The van der Waals surface area contributed by atoms with Gasteiger partial charge in [-0.25, -0.2) is 4.39 Å². The molecule has 2 aromatic carbocycles. The Morgan fingerprint density at radius 1 is 1.21 bits per heavy atom. The molecule has 126 valence electrons. The van der Waals surface area contributed by atoms with E-state index in [4.69, 9.17) is 0 Å². The number of nitrogens with one attached hydrogen (secondary N) is 1. The molecule has 1 aliphatic rings. The van der Waals surface area contributed by atoms with Crippen molar-refractivity contribution in [1.29, 1.82) is 0 Å². The number of rotatable bonds is 5. The van der Waals surface area contributed by atoms with Crippen molar-refractivity contribution in [2.75, 3.05) is 24.5 Å². The van der Waals surface area contributed by atoms with Crippen LogP contribution in [0.1, 0.15) is 23.1 Å². The summed E-state index contributed by atoms with van der Waals surface area (Å²) in [6, 6.07) is 12.8. The predicted octanol–water partition coefficient (Wildman–Crippen LogP) is 3.25. The van der Waals surface area contributed by atoms with Gasteiger partial charge in [0.2, 0.25) is 5.91 Å². The Morgan fingerprint density at radius 3 is 2.79 bits per heavy atom. The molecule has 1 heterocycles. The third kappa shape index (κ3) is 4.13. The third-order valence-electron chi connectivity index (χ3n) is 4.43. The Bertz CT molecular complexity index is 712. The lowest BCUT2D eigenvalue weighted by Crippen LogP contribution is -2.40. The maximum atomic E-state index is 12.9. The Labute approximate surface area is 142 Å². The number of anilines is 1. The minimum absolute atomic E-state index is 0.0329. The molecule has 0 aliphatic carbocycles. The number of nitrogens with zero attached hydrogens (tertiary/aromatic N) is 1. The van der Waals surface area contributed by atoms with E-state index in [1.165, 1.54) is 28.9 Å². The van der Waals surface area contributed by atoms with Crippen LogP contribution in [-0.4, -0.2) is 25.5 Å².